The Balaban J connectivity index is 2.42. The van der Waals surface area contributed by atoms with Crippen molar-refractivity contribution in [2.75, 3.05) is 13.2 Å². The quantitative estimate of drug-likeness (QED) is 0.518. The lowest BCUT2D eigenvalue weighted by Gasteiger charge is -2.34. The molecule has 0 N–H and O–H groups in total. The fraction of sp³-hybridized carbons (Fsp3) is 0.333. The van der Waals surface area contributed by atoms with Gasteiger partial charge in [0.25, 0.3) is 0 Å². The van der Waals surface area contributed by atoms with Crippen LogP contribution in [0.1, 0.15) is 31.9 Å². The molecule has 0 spiro atoms. The molecule has 0 saturated heterocycles. The smallest absolute Gasteiger partial charge is 0.308 e. The Kier molecular flexibility index (Phi) is 7.19. The van der Waals surface area contributed by atoms with Gasteiger partial charge in [-0.3, -0.25) is 4.57 Å². The van der Waals surface area contributed by atoms with E-state index in [1.165, 1.54) is 0 Å². The summed E-state index contributed by atoms with van der Waals surface area (Å²) in [6.07, 6.45) is 4.55. The first-order valence-electron chi connectivity index (χ1n) is 8.70. The van der Waals surface area contributed by atoms with Gasteiger partial charge in [0, 0.05) is 0 Å². The van der Waals surface area contributed by atoms with E-state index >= 15 is 0 Å². The second kappa shape index (κ2) is 9.15. The van der Waals surface area contributed by atoms with Crippen molar-refractivity contribution in [1.82, 2.24) is 0 Å². The monoisotopic (exact) mass is 358 g/mol. The van der Waals surface area contributed by atoms with Crippen LogP contribution in [0, 0.1) is 0 Å². The second-order valence-corrected chi connectivity index (χ2v) is 8.63. The van der Waals surface area contributed by atoms with Gasteiger partial charge in [-0.25, -0.2) is 0 Å². The number of hydrogen-bond donors (Lipinski definition) is 0. The first-order valence-corrected chi connectivity index (χ1v) is 10.2. The van der Waals surface area contributed by atoms with Crippen LogP contribution >= 0.6 is 7.60 Å². The Labute approximate surface area is 151 Å². The highest BCUT2D eigenvalue weighted by Crippen LogP contribution is 2.61. The molecule has 0 aliphatic carbocycles. The molecule has 3 nitrogen and oxygen atoms in total. The van der Waals surface area contributed by atoms with Crippen molar-refractivity contribution in [2.24, 2.45) is 0 Å². The highest BCUT2D eigenvalue weighted by molar-refractivity contribution is 7.55. The molecule has 0 aliphatic rings. The Morgan fingerprint density at radius 1 is 0.920 bits per heavy atom. The van der Waals surface area contributed by atoms with Crippen molar-refractivity contribution in [3.8, 4) is 0 Å². The fourth-order valence-corrected chi connectivity index (χ4v) is 4.75. The minimum Gasteiger partial charge on any atom is -0.308 e. The predicted molar refractivity (Wildman–Crippen MR) is 105 cm³/mol. The summed E-state index contributed by atoms with van der Waals surface area (Å²) in [5.74, 6) is 0. The largest absolute Gasteiger partial charge is 0.340 e. The van der Waals surface area contributed by atoms with Crippen LogP contribution in [-0.4, -0.2) is 18.4 Å². The zero-order valence-corrected chi connectivity index (χ0v) is 16.1. The molecule has 2 rings (SSSR count). The molecular weight excluding hydrogens is 331 g/mol. The molecule has 0 heterocycles. The van der Waals surface area contributed by atoms with Gasteiger partial charge in [-0.05, 0) is 38.3 Å². The molecule has 0 aromatic heterocycles. The van der Waals surface area contributed by atoms with E-state index in [2.05, 4.69) is 0 Å². The topological polar surface area (TPSA) is 35.5 Å². The molecule has 1 atom stereocenters. The molecule has 2 aromatic rings. The van der Waals surface area contributed by atoms with Gasteiger partial charge in [0.05, 0.1) is 18.4 Å². The maximum absolute atomic E-state index is 13.6. The highest BCUT2D eigenvalue weighted by Gasteiger charge is 2.45. The first-order chi connectivity index (χ1) is 12.0. The molecule has 0 fully saturated rings. The molecule has 0 amide bonds. The maximum Gasteiger partial charge on any atom is 0.340 e. The molecule has 0 radical (unpaired) electrons. The third-order valence-electron chi connectivity index (χ3n) is 4.06. The lowest BCUT2D eigenvalue weighted by molar-refractivity contribution is 0.204. The van der Waals surface area contributed by atoms with Gasteiger partial charge < -0.3 is 9.05 Å². The van der Waals surface area contributed by atoms with E-state index in [0.717, 1.165) is 11.1 Å². The van der Waals surface area contributed by atoms with E-state index in [1.54, 1.807) is 0 Å². The standard InChI is InChI=1S/C21H27O3P/c1-4-23-25(22,24-5-2)21(3,18-20-14-10-7-11-15-20)17-16-19-12-8-6-9-13-19/h6-17H,4-5,18H2,1-3H3/b17-16+. The highest BCUT2D eigenvalue weighted by atomic mass is 31.2. The Hall–Kier alpha value is -1.67. The number of hydrogen-bond acceptors (Lipinski definition) is 3. The fourth-order valence-electron chi connectivity index (χ4n) is 2.77. The molecule has 0 aliphatic heterocycles. The summed E-state index contributed by atoms with van der Waals surface area (Å²) in [5, 5.41) is -0.754. The van der Waals surface area contributed by atoms with Crippen LogP contribution < -0.4 is 0 Å². The third kappa shape index (κ3) is 5.15. The average Bonchev–Trinajstić information content (AvgIpc) is 2.62. The maximum atomic E-state index is 13.6. The van der Waals surface area contributed by atoms with Gasteiger partial charge >= 0.3 is 7.60 Å². The van der Waals surface area contributed by atoms with Crippen LogP contribution in [0.3, 0.4) is 0 Å². The van der Waals surface area contributed by atoms with Crippen LogP contribution in [0.2, 0.25) is 0 Å². The van der Waals surface area contributed by atoms with Crippen molar-refractivity contribution >= 4 is 13.7 Å². The van der Waals surface area contributed by atoms with Gasteiger partial charge in [0.2, 0.25) is 0 Å². The van der Waals surface area contributed by atoms with Gasteiger partial charge in [0.15, 0.2) is 0 Å². The summed E-state index contributed by atoms with van der Waals surface area (Å²) < 4.78 is 24.9. The summed E-state index contributed by atoms with van der Waals surface area (Å²) in [6.45, 7) is 6.33. The van der Waals surface area contributed by atoms with Crippen molar-refractivity contribution in [3.05, 3.63) is 77.9 Å². The van der Waals surface area contributed by atoms with Crippen LogP contribution in [0.25, 0.3) is 6.08 Å². The van der Waals surface area contributed by atoms with Crippen molar-refractivity contribution in [1.29, 1.82) is 0 Å². The summed E-state index contributed by atoms with van der Waals surface area (Å²) in [4.78, 5) is 0. The number of benzene rings is 2. The molecule has 134 valence electrons. The average molecular weight is 358 g/mol. The van der Waals surface area contributed by atoms with Crippen molar-refractivity contribution < 1.29 is 13.6 Å². The molecule has 1 unspecified atom stereocenters. The van der Waals surface area contributed by atoms with E-state index in [0.29, 0.717) is 19.6 Å². The lowest BCUT2D eigenvalue weighted by atomic mass is 9.99. The van der Waals surface area contributed by atoms with Gasteiger partial charge in [0.1, 0.15) is 0 Å². The van der Waals surface area contributed by atoms with E-state index in [-0.39, 0.29) is 0 Å². The van der Waals surface area contributed by atoms with E-state index in [4.69, 9.17) is 9.05 Å². The zero-order chi connectivity index (χ0) is 18.2. The van der Waals surface area contributed by atoms with Crippen molar-refractivity contribution in [3.63, 3.8) is 0 Å². The Bertz CT molecular complexity index is 702. The summed E-state index contributed by atoms with van der Waals surface area (Å²) in [7, 11) is -3.33. The van der Waals surface area contributed by atoms with Gasteiger partial charge in [-0.15, -0.1) is 0 Å². The molecular formula is C21H27O3P. The van der Waals surface area contributed by atoms with Crippen LogP contribution in [0.5, 0.6) is 0 Å². The minimum atomic E-state index is -3.33. The van der Waals surface area contributed by atoms with Gasteiger partial charge in [-0.1, -0.05) is 72.8 Å². The number of rotatable bonds is 9. The summed E-state index contributed by atoms with van der Waals surface area (Å²) in [5.41, 5.74) is 2.16. The zero-order valence-electron chi connectivity index (χ0n) is 15.2. The SMILES string of the molecule is CCOP(=O)(OCC)C(C)(/C=C/c1ccccc1)Cc1ccccc1. The van der Waals surface area contributed by atoms with E-state index < -0.39 is 12.8 Å². The minimum absolute atomic E-state index is 0.348. The van der Waals surface area contributed by atoms with Gasteiger partial charge in [-0.2, -0.15) is 0 Å². The third-order valence-corrected chi connectivity index (χ3v) is 6.82. The second-order valence-electron chi connectivity index (χ2n) is 6.10. The molecule has 0 saturated carbocycles. The lowest BCUT2D eigenvalue weighted by Crippen LogP contribution is -2.28. The molecule has 0 bridgehead atoms. The Morgan fingerprint density at radius 3 is 1.96 bits per heavy atom. The normalized spacial score (nSPS) is 14.5. The molecule has 2 aromatic carbocycles. The first kappa shape index (κ1) is 19.7. The van der Waals surface area contributed by atoms with Crippen LogP contribution in [-0.2, 0) is 20.0 Å². The summed E-state index contributed by atoms with van der Waals surface area (Å²) in [6, 6.07) is 20.0. The van der Waals surface area contributed by atoms with Crippen LogP contribution in [0.4, 0.5) is 0 Å². The number of allylic oxidation sites excluding steroid dienone is 1. The molecule has 25 heavy (non-hydrogen) atoms. The van der Waals surface area contributed by atoms with E-state index in [9.17, 15) is 4.57 Å². The molecule has 4 heteroatoms. The Morgan fingerprint density at radius 2 is 1.44 bits per heavy atom. The van der Waals surface area contributed by atoms with E-state index in [1.807, 2.05) is 93.6 Å². The van der Waals surface area contributed by atoms with Crippen LogP contribution in [0.15, 0.2) is 66.7 Å². The predicted octanol–water partition coefficient (Wildman–Crippen LogP) is 5.97. The summed E-state index contributed by atoms with van der Waals surface area (Å²) >= 11 is 0. The van der Waals surface area contributed by atoms with Crippen molar-refractivity contribution in [2.45, 2.75) is 32.3 Å².